The van der Waals surface area contributed by atoms with Gasteiger partial charge < -0.3 is 4.74 Å². The van der Waals surface area contributed by atoms with E-state index < -0.39 is 0 Å². The minimum Gasteiger partial charge on any atom is -0.466 e. The summed E-state index contributed by atoms with van der Waals surface area (Å²) in [7, 11) is 0.223. The van der Waals surface area contributed by atoms with Crippen LogP contribution in [0.2, 0.25) is 0 Å². The molecule has 0 aromatic heterocycles. The molecule has 0 aliphatic rings. The average Bonchev–Trinajstić information content (AvgIpc) is 2.03. The summed E-state index contributed by atoms with van der Waals surface area (Å²) in [5, 5.41) is 0. The molecule has 0 heterocycles. The van der Waals surface area contributed by atoms with Crippen LogP contribution in [-0.2, 0) is 9.53 Å². The van der Waals surface area contributed by atoms with Gasteiger partial charge in [-0.05, 0) is 32.3 Å². The number of carbonyl (C=O) groups is 1. The fourth-order valence-electron chi connectivity index (χ4n) is 0.818. The second-order valence-corrected chi connectivity index (χ2v) is 5.69. The third-order valence-electron chi connectivity index (χ3n) is 1.55. The van der Waals surface area contributed by atoms with Crippen LogP contribution in [0.5, 0.6) is 0 Å². The van der Waals surface area contributed by atoms with E-state index in [1.54, 1.807) is 0 Å². The van der Waals surface area contributed by atoms with Crippen LogP contribution in [0.15, 0.2) is 0 Å². The first kappa shape index (κ1) is 15.7. The van der Waals surface area contributed by atoms with E-state index in [2.05, 4.69) is 13.3 Å². The Bertz CT molecular complexity index is 129. The summed E-state index contributed by atoms with van der Waals surface area (Å²) >= 11 is 0. The minimum absolute atomic E-state index is 0. The standard InChI is InChI=1S/C9H19O2P.ClH/c1-4-9(10)11-7-5-6-8-12(2)3;/h4-8H2,1-3H3;1H. The molecule has 0 saturated heterocycles. The molecule has 0 fully saturated rings. The summed E-state index contributed by atoms with van der Waals surface area (Å²) in [6.07, 6.45) is 4.00. The number of ether oxygens (including phenoxy) is 1. The fraction of sp³-hybridized carbons (Fsp3) is 0.889. The second-order valence-electron chi connectivity index (χ2n) is 3.08. The van der Waals surface area contributed by atoms with Crippen molar-refractivity contribution in [3.05, 3.63) is 0 Å². The highest BCUT2D eigenvalue weighted by molar-refractivity contribution is 7.55. The molecule has 0 saturated carbocycles. The van der Waals surface area contributed by atoms with E-state index in [-0.39, 0.29) is 26.3 Å². The molecule has 80 valence electrons. The Labute approximate surface area is 88.6 Å². The lowest BCUT2D eigenvalue weighted by Crippen LogP contribution is -2.03. The summed E-state index contributed by atoms with van der Waals surface area (Å²) in [5.74, 6) is -0.0785. The summed E-state index contributed by atoms with van der Waals surface area (Å²) < 4.78 is 4.94. The molecule has 0 aliphatic carbocycles. The lowest BCUT2D eigenvalue weighted by Gasteiger charge is -2.05. The normalized spacial score (nSPS) is 9.54. The van der Waals surface area contributed by atoms with Crippen molar-refractivity contribution < 1.29 is 9.53 Å². The van der Waals surface area contributed by atoms with Gasteiger partial charge >= 0.3 is 5.97 Å². The van der Waals surface area contributed by atoms with Crippen LogP contribution >= 0.6 is 20.3 Å². The maximum atomic E-state index is 10.7. The third kappa shape index (κ3) is 12.2. The van der Waals surface area contributed by atoms with Crippen LogP contribution in [-0.4, -0.2) is 32.1 Å². The predicted molar refractivity (Wildman–Crippen MR) is 61.4 cm³/mol. The van der Waals surface area contributed by atoms with E-state index in [9.17, 15) is 4.79 Å². The number of rotatable bonds is 6. The third-order valence-corrected chi connectivity index (χ3v) is 2.76. The molecule has 0 N–H and O–H groups in total. The van der Waals surface area contributed by atoms with Gasteiger partial charge in [-0.25, -0.2) is 0 Å². The van der Waals surface area contributed by atoms with Crippen LogP contribution in [0.25, 0.3) is 0 Å². The molecular weight excluding hydrogens is 207 g/mol. The number of carbonyl (C=O) groups excluding carboxylic acids is 1. The van der Waals surface area contributed by atoms with Gasteiger partial charge in [0.05, 0.1) is 6.61 Å². The molecule has 0 radical (unpaired) electrons. The number of hydrogen-bond donors (Lipinski definition) is 0. The lowest BCUT2D eigenvalue weighted by molar-refractivity contribution is -0.143. The first-order valence-corrected chi connectivity index (χ1v) is 6.89. The molecule has 0 aromatic carbocycles. The highest BCUT2D eigenvalue weighted by Crippen LogP contribution is 2.25. The maximum Gasteiger partial charge on any atom is 0.305 e. The van der Waals surface area contributed by atoms with Gasteiger partial charge in [-0.2, -0.15) is 0 Å². The molecule has 0 bridgehead atoms. The molecular formula is C9H20ClO2P. The maximum absolute atomic E-state index is 10.7. The zero-order valence-corrected chi connectivity index (χ0v) is 10.4. The van der Waals surface area contributed by atoms with E-state index in [0.717, 1.165) is 6.42 Å². The van der Waals surface area contributed by atoms with Crippen molar-refractivity contribution in [2.75, 3.05) is 26.1 Å². The fourth-order valence-corrected chi connectivity index (χ4v) is 1.67. The van der Waals surface area contributed by atoms with Crippen molar-refractivity contribution in [1.82, 2.24) is 0 Å². The van der Waals surface area contributed by atoms with Gasteiger partial charge in [0.15, 0.2) is 0 Å². The van der Waals surface area contributed by atoms with Crippen LogP contribution in [0.3, 0.4) is 0 Å². The molecule has 0 rings (SSSR count). The molecule has 4 heteroatoms. The zero-order chi connectivity index (χ0) is 9.40. The monoisotopic (exact) mass is 226 g/mol. The topological polar surface area (TPSA) is 26.3 Å². The first-order valence-electron chi connectivity index (χ1n) is 4.47. The Hall–Kier alpha value is 0.190. The Kier molecular flexibility index (Phi) is 12.4. The van der Waals surface area contributed by atoms with Crippen molar-refractivity contribution in [2.45, 2.75) is 26.2 Å². The Morgan fingerprint density at radius 1 is 1.31 bits per heavy atom. The molecule has 0 unspecified atom stereocenters. The van der Waals surface area contributed by atoms with Crippen LogP contribution in [0, 0.1) is 0 Å². The molecule has 0 amide bonds. The Balaban J connectivity index is 0. The van der Waals surface area contributed by atoms with Crippen molar-refractivity contribution >= 4 is 26.3 Å². The smallest absolute Gasteiger partial charge is 0.305 e. The predicted octanol–water partition coefficient (Wildman–Crippen LogP) is 2.88. The van der Waals surface area contributed by atoms with Crippen LogP contribution < -0.4 is 0 Å². The summed E-state index contributed by atoms with van der Waals surface area (Å²) in [6.45, 7) is 6.97. The summed E-state index contributed by atoms with van der Waals surface area (Å²) in [6, 6.07) is 0. The average molecular weight is 227 g/mol. The summed E-state index contributed by atoms with van der Waals surface area (Å²) in [4.78, 5) is 10.7. The first-order chi connectivity index (χ1) is 5.66. The SMILES string of the molecule is CCC(=O)OCCCCP(C)C.Cl. The highest BCUT2D eigenvalue weighted by Gasteiger charge is 1.97. The molecule has 2 nitrogen and oxygen atoms in total. The number of hydrogen-bond acceptors (Lipinski definition) is 2. The van der Waals surface area contributed by atoms with Crippen LogP contribution in [0.4, 0.5) is 0 Å². The van der Waals surface area contributed by atoms with E-state index in [0.29, 0.717) is 13.0 Å². The lowest BCUT2D eigenvalue weighted by atomic mass is 10.3. The minimum atomic E-state index is -0.0785. The largest absolute Gasteiger partial charge is 0.466 e. The van der Waals surface area contributed by atoms with Gasteiger partial charge in [0.2, 0.25) is 0 Å². The van der Waals surface area contributed by atoms with Gasteiger partial charge in [-0.1, -0.05) is 6.92 Å². The van der Waals surface area contributed by atoms with E-state index in [4.69, 9.17) is 4.74 Å². The molecule has 0 spiro atoms. The molecule has 0 aliphatic heterocycles. The van der Waals surface area contributed by atoms with Gasteiger partial charge in [-0.3, -0.25) is 4.79 Å². The van der Waals surface area contributed by atoms with Gasteiger partial charge in [0, 0.05) is 6.42 Å². The molecule has 0 aromatic rings. The van der Waals surface area contributed by atoms with Crippen LogP contribution in [0.1, 0.15) is 26.2 Å². The van der Waals surface area contributed by atoms with Crippen molar-refractivity contribution in [2.24, 2.45) is 0 Å². The Morgan fingerprint density at radius 3 is 2.38 bits per heavy atom. The van der Waals surface area contributed by atoms with E-state index >= 15 is 0 Å². The second kappa shape index (κ2) is 10.3. The van der Waals surface area contributed by atoms with Crippen molar-refractivity contribution in [1.29, 1.82) is 0 Å². The zero-order valence-electron chi connectivity index (χ0n) is 8.71. The summed E-state index contributed by atoms with van der Waals surface area (Å²) in [5.41, 5.74) is 0. The van der Waals surface area contributed by atoms with E-state index in [1.807, 2.05) is 6.92 Å². The number of esters is 1. The Morgan fingerprint density at radius 2 is 1.92 bits per heavy atom. The highest BCUT2D eigenvalue weighted by atomic mass is 35.5. The van der Waals surface area contributed by atoms with Gasteiger partial charge in [-0.15, -0.1) is 20.3 Å². The van der Waals surface area contributed by atoms with Gasteiger partial charge in [0.1, 0.15) is 0 Å². The molecule has 13 heavy (non-hydrogen) atoms. The number of unbranched alkanes of at least 4 members (excludes halogenated alkanes) is 1. The molecule has 0 atom stereocenters. The quantitative estimate of drug-likeness (QED) is 0.396. The van der Waals surface area contributed by atoms with Gasteiger partial charge in [0.25, 0.3) is 0 Å². The number of halogens is 1. The van der Waals surface area contributed by atoms with Crippen molar-refractivity contribution in [3.8, 4) is 0 Å². The van der Waals surface area contributed by atoms with E-state index in [1.165, 1.54) is 12.6 Å². The van der Waals surface area contributed by atoms with Crippen molar-refractivity contribution in [3.63, 3.8) is 0 Å².